The van der Waals surface area contributed by atoms with Crippen LogP contribution in [0, 0.1) is 41.5 Å². The van der Waals surface area contributed by atoms with Crippen LogP contribution >= 0.6 is 0 Å². The maximum Gasteiger partial charge on any atom is 0.268 e. The zero-order valence-corrected chi connectivity index (χ0v) is 34.7. The minimum absolute atomic E-state index is 0.335. The molecule has 9 aromatic rings. The number of imide groups is 1. The topological polar surface area (TPSA) is 42.3 Å². The molecule has 0 unspecified atom stereocenters. The summed E-state index contributed by atoms with van der Waals surface area (Å²) >= 11 is 0. The van der Waals surface area contributed by atoms with Crippen LogP contribution in [0.1, 0.15) is 54.1 Å². The molecule has 1 aromatic heterocycles. The van der Waals surface area contributed by atoms with Gasteiger partial charge in [0, 0.05) is 27.5 Å². The van der Waals surface area contributed by atoms with E-state index in [1.807, 2.05) is 72.8 Å². The number of nitrogens with zero attached hydrogens (tertiary/aromatic N) is 2. The molecule has 0 N–H and O–H groups in total. The fourth-order valence-electron chi connectivity index (χ4n) is 10.0. The van der Waals surface area contributed by atoms with Crippen molar-refractivity contribution in [3.8, 4) is 50.2 Å². The van der Waals surface area contributed by atoms with Crippen LogP contribution in [0.25, 0.3) is 72.0 Å². The lowest BCUT2D eigenvalue weighted by atomic mass is 9.91. The van der Waals surface area contributed by atoms with Gasteiger partial charge in [0.25, 0.3) is 11.8 Å². The first kappa shape index (κ1) is 37.0. The molecule has 0 saturated carbocycles. The molecule has 0 radical (unpaired) electrons. The van der Waals surface area contributed by atoms with E-state index in [2.05, 4.69) is 125 Å². The highest BCUT2D eigenvalue weighted by Crippen LogP contribution is 2.47. The van der Waals surface area contributed by atoms with Crippen LogP contribution in [0.3, 0.4) is 0 Å². The molecule has 2 heterocycles. The number of amides is 2. The Morgan fingerprint density at radius 3 is 1.37 bits per heavy atom. The third kappa shape index (κ3) is 5.74. The van der Waals surface area contributed by atoms with E-state index in [-0.39, 0.29) is 11.8 Å². The van der Waals surface area contributed by atoms with E-state index in [0.717, 1.165) is 55.2 Å². The van der Waals surface area contributed by atoms with Crippen molar-refractivity contribution < 1.29 is 9.59 Å². The van der Waals surface area contributed by atoms with Crippen LogP contribution in [-0.4, -0.2) is 16.4 Å². The van der Waals surface area contributed by atoms with Crippen molar-refractivity contribution in [2.45, 2.75) is 41.5 Å². The number of anilines is 1. The van der Waals surface area contributed by atoms with Crippen molar-refractivity contribution in [2.24, 2.45) is 0 Å². The summed E-state index contributed by atoms with van der Waals surface area (Å²) in [5.74, 6) is -0.677. The fraction of sp³-hybridized carbons (Fsp3) is 0.107. The first-order valence-corrected chi connectivity index (χ1v) is 20.6. The molecule has 1 aliphatic heterocycles. The number of aromatic nitrogens is 1. The van der Waals surface area contributed by atoms with Crippen molar-refractivity contribution in [1.29, 1.82) is 0 Å². The number of aryl methyl sites for hydroxylation is 6. The predicted molar refractivity (Wildman–Crippen MR) is 249 cm³/mol. The summed E-state index contributed by atoms with van der Waals surface area (Å²) in [5.41, 5.74) is 19.5. The lowest BCUT2D eigenvalue weighted by Gasteiger charge is -2.21. The largest absolute Gasteiger partial charge is 0.307 e. The van der Waals surface area contributed by atoms with Gasteiger partial charge in [-0.1, -0.05) is 145 Å². The molecular formula is C56H44N2O2. The molecule has 0 saturated heterocycles. The molecule has 4 nitrogen and oxygen atoms in total. The summed E-state index contributed by atoms with van der Waals surface area (Å²) in [6.07, 6.45) is 0. The number of benzene rings is 8. The Morgan fingerprint density at radius 1 is 0.350 bits per heavy atom. The van der Waals surface area contributed by atoms with Gasteiger partial charge in [-0.2, -0.15) is 0 Å². The summed E-state index contributed by atoms with van der Waals surface area (Å²) in [7, 11) is 0. The lowest BCUT2D eigenvalue weighted by molar-refractivity contribution is 0.0926. The average molecular weight is 777 g/mol. The molecule has 0 atom stereocenters. The van der Waals surface area contributed by atoms with E-state index >= 15 is 4.79 Å². The first-order chi connectivity index (χ1) is 29.1. The Hall–Kier alpha value is -7.30. The van der Waals surface area contributed by atoms with Crippen molar-refractivity contribution in [3.63, 3.8) is 0 Å². The van der Waals surface area contributed by atoms with Gasteiger partial charge >= 0.3 is 0 Å². The maximum atomic E-state index is 15.4. The standard InChI is InChI=1S/C56H44N2O2/c1-33-28-35(3)50(36(4)29-33)44-22-13-20-42-43-21-14-23-45(51-37(5)30-34(2)31-38(51)6)54(43)57(53(42)44)49-25-15-24-46-52(49)56(60)58(55(46)59)48-27-26-41(39-16-9-7-10-17-39)32-47(48)40-18-11-8-12-19-40/h7-32H,1-6H3. The van der Waals surface area contributed by atoms with Crippen LogP contribution in [0.5, 0.6) is 0 Å². The van der Waals surface area contributed by atoms with E-state index < -0.39 is 0 Å². The Morgan fingerprint density at radius 2 is 0.833 bits per heavy atom. The smallest absolute Gasteiger partial charge is 0.268 e. The zero-order chi connectivity index (χ0) is 41.4. The van der Waals surface area contributed by atoms with E-state index in [9.17, 15) is 4.79 Å². The highest BCUT2D eigenvalue weighted by molar-refractivity contribution is 6.36. The van der Waals surface area contributed by atoms with Crippen LogP contribution < -0.4 is 4.90 Å². The highest BCUT2D eigenvalue weighted by Gasteiger charge is 2.41. The first-order valence-electron chi connectivity index (χ1n) is 20.6. The third-order valence-electron chi connectivity index (χ3n) is 12.3. The number of carbonyl (C=O) groups excluding carboxylic acids is 2. The minimum atomic E-state index is -0.342. The second-order valence-corrected chi connectivity index (χ2v) is 16.4. The van der Waals surface area contributed by atoms with Gasteiger partial charge < -0.3 is 4.57 Å². The monoisotopic (exact) mass is 776 g/mol. The number of rotatable bonds is 6. The fourth-order valence-corrected chi connectivity index (χ4v) is 10.0. The van der Waals surface area contributed by atoms with Gasteiger partial charge in [-0.25, -0.2) is 4.90 Å². The SMILES string of the molecule is Cc1cc(C)c(-c2cccc3c4cccc(-c5c(C)cc(C)cc5C)c4n(-c4cccc5c4C(=O)N(c4ccc(-c6ccccc6)cc4-c4ccccc4)C5=O)c23)c(C)c1. The quantitative estimate of drug-likeness (QED) is 0.158. The highest BCUT2D eigenvalue weighted by atomic mass is 16.2. The Labute approximate surface area is 351 Å². The number of carbonyl (C=O) groups is 2. The summed E-state index contributed by atoms with van der Waals surface area (Å²) in [5, 5.41) is 2.17. The third-order valence-corrected chi connectivity index (χ3v) is 12.3. The summed E-state index contributed by atoms with van der Waals surface area (Å²) < 4.78 is 2.29. The lowest BCUT2D eigenvalue weighted by Crippen LogP contribution is -2.30. The molecule has 4 heteroatoms. The van der Waals surface area contributed by atoms with Gasteiger partial charge in [-0.15, -0.1) is 0 Å². The Kier molecular flexibility index (Phi) is 8.76. The van der Waals surface area contributed by atoms with Crippen LogP contribution in [-0.2, 0) is 0 Å². The molecule has 8 aromatic carbocycles. The van der Waals surface area contributed by atoms with E-state index in [4.69, 9.17) is 0 Å². The Balaban J connectivity index is 1.27. The van der Waals surface area contributed by atoms with Crippen LogP contribution in [0.4, 0.5) is 5.69 Å². The van der Waals surface area contributed by atoms with Crippen molar-refractivity contribution >= 4 is 39.3 Å². The molecule has 60 heavy (non-hydrogen) atoms. The van der Waals surface area contributed by atoms with Gasteiger partial charge in [0.05, 0.1) is 33.5 Å². The molecule has 0 bridgehead atoms. The van der Waals surface area contributed by atoms with Gasteiger partial charge in [-0.05, 0) is 116 Å². The summed E-state index contributed by atoms with van der Waals surface area (Å²) in [4.78, 5) is 31.7. The van der Waals surface area contributed by atoms with Crippen molar-refractivity contribution in [2.75, 3.05) is 4.90 Å². The molecule has 1 aliphatic rings. The molecular weight excluding hydrogens is 733 g/mol. The van der Waals surface area contributed by atoms with Crippen LogP contribution in [0.2, 0.25) is 0 Å². The average Bonchev–Trinajstić information content (AvgIpc) is 3.72. The molecule has 290 valence electrons. The number of para-hydroxylation sites is 2. The minimum Gasteiger partial charge on any atom is -0.307 e. The molecule has 10 rings (SSSR count). The maximum absolute atomic E-state index is 15.4. The normalized spacial score (nSPS) is 12.5. The van der Waals surface area contributed by atoms with Gasteiger partial charge in [-0.3, -0.25) is 9.59 Å². The van der Waals surface area contributed by atoms with E-state index in [0.29, 0.717) is 22.5 Å². The number of fused-ring (bicyclic) bond motifs is 4. The summed E-state index contributed by atoms with van der Waals surface area (Å²) in [6, 6.07) is 54.0. The molecule has 0 fully saturated rings. The van der Waals surface area contributed by atoms with Gasteiger partial charge in [0.1, 0.15) is 0 Å². The zero-order valence-electron chi connectivity index (χ0n) is 34.7. The summed E-state index contributed by atoms with van der Waals surface area (Å²) in [6.45, 7) is 13.0. The van der Waals surface area contributed by atoms with E-state index in [1.165, 1.54) is 49.4 Å². The Bertz CT molecular complexity index is 3080. The van der Waals surface area contributed by atoms with Gasteiger partial charge in [0.2, 0.25) is 0 Å². The second kappa shape index (κ2) is 14.2. The number of hydrogen-bond acceptors (Lipinski definition) is 2. The number of hydrogen-bond donors (Lipinski definition) is 0. The molecule has 0 aliphatic carbocycles. The van der Waals surface area contributed by atoms with Crippen molar-refractivity contribution in [3.05, 3.63) is 202 Å². The molecule has 0 spiro atoms. The van der Waals surface area contributed by atoms with Gasteiger partial charge in [0.15, 0.2) is 0 Å². The molecule has 2 amide bonds. The van der Waals surface area contributed by atoms with E-state index in [1.54, 1.807) is 6.07 Å². The second-order valence-electron chi connectivity index (χ2n) is 16.4. The predicted octanol–water partition coefficient (Wildman–Crippen LogP) is 14.1. The van der Waals surface area contributed by atoms with Crippen molar-refractivity contribution in [1.82, 2.24) is 4.57 Å². The van der Waals surface area contributed by atoms with Crippen LogP contribution in [0.15, 0.2) is 158 Å².